The molecule has 0 bridgehead atoms. The summed E-state index contributed by atoms with van der Waals surface area (Å²) in [5, 5.41) is -0.628. The number of hydrogen-bond donors (Lipinski definition) is 0. The molecular weight excluding hydrogens is 306 g/mol. The Kier molecular flexibility index (Phi) is 3.44. The van der Waals surface area contributed by atoms with E-state index in [1.165, 1.54) is 0 Å². The fourth-order valence-electron chi connectivity index (χ4n) is 1.59. The van der Waals surface area contributed by atoms with Crippen molar-refractivity contribution < 1.29 is 13.8 Å². The highest BCUT2D eigenvalue weighted by molar-refractivity contribution is 9.10. The molecule has 4 nitrogen and oxygen atoms in total. The Morgan fingerprint density at radius 2 is 1.88 bits per heavy atom. The summed E-state index contributed by atoms with van der Waals surface area (Å²) >= 11 is 3.28. The molecule has 0 saturated carbocycles. The van der Waals surface area contributed by atoms with Crippen LogP contribution in [0.3, 0.4) is 0 Å². The van der Waals surface area contributed by atoms with Crippen LogP contribution in [-0.2, 0) is 20.4 Å². The van der Waals surface area contributed by atoms with Crippen LogP contribution in [0.1, 0.15) is 6.92 Å². The summed E-state index contributed by atoms with van der Waals surface area (Å²) < 4.78 is 12.4. The number of halogens is 1. The maximum absolute atomic E-state index is 11.9. The largest absolute Gasteiger partial charge is 0.273 e. The molecule has 1 aromatic carbocycles. The van der Waals surface area contributed by atoms with Crippen LogP contribution in [0.4, 0.5) is 5.69 Å². The summed E-state index contributed by atoms with van der Waals surface area (Å²) in [5.74, 6) is -0.904. The van der Waals surface area contributed by atoms with E-state index in [1.54, 1.807) is 31.2 Å². The molecule has 1 saturated heterocycles. The minimum atomic E-state index is -1.39. The number of amides is 2. The normalized spacial score (nSPS) is 25.2. The van der Waals surface area contributed by atoms with Crippen molar-refractivity contribution in [2.24, 2.45) is 0 Å². The first-order valence-electron chi connectivity index (χ1n) is 5.00. The van der Waals surface area contributed by atoms with Gasteiger partial charge < -0.3 is 0 Å². The molecule has 1 fully saturated rings. The van der Waals surface area contributed by atoms with Crippen molar-refractivity contribution in [1.82, 2.24) is 0 Å². The summed E-state index contributed by atoms with van der Waals surface area (Å²) in [6.45, 7) is 1.58. The van der Waals surface area contributed by atoms with Crippen LogP contribution in [0.2, 0.25) is 0 Å². The summed E-state index contributed by atoms with van der Waals surface area (Å²) in [7, 11) is -1.39. The zero-order valence-corrected chi connectivity index (χ0v) is 11.5. The van der Waals surface area contributed by atoms with Crippen LogP contribution in [0.15, 0.2) is 28.7 Å². The zero-order valence-electron chi connectivity index (χ0n) is 9.05. The Bertz CT molecular complexity index is 500. The van der Waals surface area contributed by atoms with Crippen LogP contribution in [0, 0.1) is 0 Å². The van der Waals surface area contributed by atoms with E-state index in [2.05, 4.69) is 15.9 Å². The molecule has 2 amide bonds. The topological polar surface area (TPSA) is 54.5 Å². The van der Waals surface area contributed by atoms with Gasteiger partial charge in [-0.1, -0.05) is 15.9 Å². The molecule has 1 aromatic rings. The van der Waals surface area contributed by atoms with E-state index >= 15 is 0 Å². The molecule has 2 rings (SSSR count). The van der Waals surface area contributed by atoms with Crippen molar-refractivity contribution in [2.45, 2.75) is 12.2 Å². The van der Waals surface area contributed by atoms with Gasteiger partial charge >= 0.3 is 0 Å². The second-order valence-corrected chi connectivity index (χ2v) is 6.38. The van der Waals surface area contributed by atoms with Gasteiger partial charge in [-0.2, -0.15) is 0 Å². The Morgan fingerprint density at radius 1 is 1.29 bits per heavy atom. The van der Waals surface area contributed by atoms with Gasteiger partial charge in [0.2, 0.25) is 11.8 Å². The molecule has 90 valence electrons. The Labute approximate surface area is 110 Å². The molecule has 0 aliphatic carbocycles. The quantitative estimate of drug-likeness (QED) is 0.737. The smallest absolute Gasteiger partial charge is 0.249 e. The van der Waals surface area contributed by atoms with Crippen molar-refractivity contribution >= 4 is 44.2 Å². The number of nitrogens with zero attached hydrogens (tertiary/aromatic N) is 1. The van der Waals surface area contributed by atoms with Gasteiger partial charge in [0.15, 0.2) is 0 Å². The summed E-state index contributed by atoms with van der Waals surface area (Å²) in [5.41, 5.74) is 0.520. The molecule has 1 aliphatic heterocycles. The molecule has 1 aliphatic rings. The fraction of sp³-hybridized carbons (Fsp3) is 0.273. The van der Waals surface area contributed by atoms with Crippen molar-refractivity contribution in [2.75, 3.05) is 10.7 Å². The number of carbonyl (C=O) groups excluding carboxylic acids is 2. The molecule has 0 radical (unpaired) electrons. The van der Waals surface area contributed by atoms with E-state index in [1.807, 2.05) is 0 Å². The van der Waals surface area contributed by atoms with E-state index in [9.17, 15) is 13.8 Å². The summed E-state index contributed by atoms with van der Waals surface area (Å²) in [4.78, 5) is 24.8. The second-order valence-electron chi connectivity index (χ2n) is 3.71. The molecule has 17 heavy (non-hydrogen) atoms. The highest BCUT2D eigenvalue weighted by Gasteiger charge is 2.37. The van der Waals surface area contributed by atoms with Crippen LogP contribution in [0.25, 0.3) is 0 Å². The zero-order chi connectivity index (χ0) is 12.6. The lowest BCUT2D eigenvalue weighted by Gasteiger charge is -2.28. The third-order valence-corrected chi connectivity index (χ3v) is 4.61. The van der Waals surface area contributed by atoms with Gasteiger partial charge in [0.1, 0.15) is 11.0 Å². The van der Waals surface area contributed by atoms with Gasteiger partial charge in [-0.25, -0.2) is 4.90 Å². The minimum Gasteiger partial charge on any atom is -0.273 e. The standard InChI is InChI=1S/C11H10BrNO3S/c1-7-11(15)13(10(14)6-17(7)16)9-4-2-8(12)3-5-9/h2-5,7H,6H2,1H3/t7-,17+/m0/s1. The Morgan fingerprint density at radius 3 is 2.47 bits per heavy atom. The average Bonchev–Trinajstić information content (AvgIpc) is 2.29. The third kappa shape index (κ3) is 2.32. The molecular formula is C11H10BrNO3S. The fourth-order valence-corrected chi connectivity index (χ4v) is 2.81. The second kappa shape index (κ2) is 4.70. The summed E-state index contributed by atoms with van der Waals surface area (Å²) in [6.07, 6.45) is 0. The molecule has 6 heteroatoms. The number of anilines is 1. The van der Waals surface area contributed by atoms with Crippen molar-refractivity contribution in [3.05, 3.63) is 28.7 Å². The minimum absolute atomic E-state index is 0.0943. The maximum Gasteiger partial charge on any atom is 0.249 e. The lowest BCUT2D eigenvalue weighted by atomic mass is 10.2. The van der Waals surface area contributed by atoms with Crippen LogP contribution >= 0.6 is 15.9 Å². The number of carbonyl (C=O) groups is 2. The average molecular weight is 316 g/mol. The van der Waals surface area contributed by atoms with Gasteiger partial charge in [-0.3, -0.25) is 13.8 Å². The van der Waals surface area contributed by atoms with Gasteiger partial charge in [0, 0.05) is 15.3 Å². The number of rotatable bonds is 1. The van der Waals surface area contributed by atoms with Gasteiger partial charge in [0.05, 0.1) is 5.69 Å². The molecule has 0 unspecified atom stereocenters. The predicted molar refractivity (Wildman–Crippen MR) is 69.1 cm³/mol. The van der Waals surface area contributed by atoms with Crippen LogP contribution < -0.4 is 4.90 Å². The van der Waals surface area contributed by atoms with Crippen molar-refractivity contribution in [3.8, 4) is 0 Å². The van der Waals surface area contributed by atoms with E-state index in [0.29, 0.717) is 5.69 Å². The van der Waals surface area contributed by atoms with E-state index in [4.69, 9.17) is 0 Å². The van der Waals surface area contributed by atoms with Gasteiger partial charge in [-0.05, 0) is 31.2 Å². The van der Waals surface area contributed by atoms with Crippen LogP contribution in [0.5, 0.6) is 0 Å². The first kappa shape index (κ1) is 12.4. The molecule has 1 heterocycles. The Hall–Kier alpha value is -1.01. The lowest BCUT2D eigenvalue weighted by molar-refractivity contribution is -0.125. The highest BCUT2D eigenvalue weighted by Crippen LogP contribution is 2.23. The van der Waals surface area contributed by atoms with E-state index < -0.39 is 27.9 Å². The lowest BCUT2D eigenvalue weighted by Crippen LogP contribution is -2.51. The van der Waals surface area contributed by atoms with Crippen LogP contribution in [-0.4, -0.2) is 27.0 Å². The molecule has 0 spiro atoms. The van der Waals surface area contributed by atoms with E-state index in [0.717, 1.165) is 9.37 Å². The van der Waals surface area contributed by atoms with Crippen molar-refractivity contribution in [1.29, 1.82) is 0 Å². The molecule has 0 N–H and O–H groups in total. The first-order valence-corrected chi connectivity index (χ1v) is 7.18. The third-order valence-electron chi connectivity index (χ3n) is 2.56. The maximum atomic E-state index is 11.9. The monoisotopic (exact) mass is 315 g/mol. The number of benzene rings is 1. The highest BCUT2D eigenvalue weighted by atomic mass is 79.9. The first-order chi connectivity index (χ1) is 8.00. The van der Waals surface area contributed by atoms with Gasteiger partial charge in [0.25, 0.3) is 0 Å². The predicted octanol–water partition coefficient (Wildman–Crippen LogP) is 1.46. The molecule has 0 aromatic heterocycles. The van der Waals surface area contributed by atoms with Crippen molar-refractivity contribution in [3.63, 3.8) is 0 Å². The van der Waals surface area contributed by atoms with Gasteiger partial charge in [-0.15, -0.1) is 0 Å². The SMILES string of the molecule is C[C@H]1C(=O)N(c2ccc(Br)cc2)C(=O)C[S@]1=O. The summed E-state index contributed by atoms with van der Waals surface area (Å²) in [6, 6.07) is 6.87. The number of imide groups is 1. The van der Waals surface area contributed by atoms with E-state index in [-0.39, 0.29) is 5.75 Å². The molecule has 2 atom stereocenters. The number of hydrogen-bond acceptors (Lipinski definition) is 3. The Balaban J connectivity index is 2.37.